The molecule has 162 valence electrons. The minimum Gasteiger partial charge on any atom is -0.497 e. The number of oxazole rings is 1. The van der Waals surface area contributed by atoms with Crippen LogP contribution in [0, 0.1) is 5.92 Å². The molecule has 0 saturated carbocycles. The summed E-state index contributed by atoms with van der Waals surface area (Å²) in [6.45, 7) is 4.87. The highest BCUT2D eigenvalue weighted by atomic mass is 16.5. The lowest BCUT2D eigenvalue weighted by molar-refractivity contribution is -0.136. The van der Waals surface area contributed by atoms with Crippen LogP contribution in [-0.4, -0.2) is 62.2 Å². The Bertz CT molecular complexity index is 999. The van der Waals surface area contributed by atoms with Gasteiger partial charge in [-0.05, 0) is 49.2 Å². The number of methoxy groups -OCH3 is 1. The lowest BCUT2D eigenvalue weighted by Crippen LogP contribution is -2.51. The molecule has 0 radical (unpaired) electrons. The summed E-state index contributed by atoms with van der Waals surface area (Å²) >= 11 is 0. The van der Waals surface area contributed by atoms with E-state index in [0.29, 0.717) is 11.9 Å². The van der Waals surface area contributed by atoms with Gasteiger partial charge in [0.25, 0.3) is 6.01 Å². The Morgan fingerprint density at radius 3 is 2.32 bits per heavy atom. The smallest absolute Gasteiger partial charge is 0.298 e. The van der Waals surface area contributed by atoms with Gasteiger partial charge in [0, 0.05) is 50.9 Å². The highest BCUT2D eigenvalue weighted by Gasteiger charge is 2.31. The molecule has 7 nitrogen and oxygen atoms in total. The standard InChI is InChI=1S/C24H28N4O3/c1-30-20-8-6-19(7-9-20)26-14-16-27(17-15-26)23(29)18-10-12-28(13-11-18)24-25-21-4-2-3-5-22(21)31-24/h2-9,18H,10-17H2,1H3. The summed E-state index contributed by atoms with van der Waals surface area (Å²) in [6, 6.07) is 16.6. The zero-order valence-electron chi connectivity index (χ0n) is 17.9. The van der Waals surface area contributed by atoms with Gasteiger partial charge in [-0.2, -0.15) is 4.98 Å². The van der Waals surface area contributed by atoms with Gasteiger partial charge < -0.3 is 23.9 Å². The maximum Gasteiger partial charge on any atom is 0.298 e. The molecule has 0 atom stereocenters. The number of anilines is 2. The Hall–Kier alpha value is -3.22. The van der Waals surface area contributed by atoms with Gasteiger partial charge >= 0.3 is 0 Å². The van der Waals surface area contributed by atoms with Crippen molar-refractivity contribution in [2.24, 2.45) is 5.92 Å². The molecule has 0 spiro atoms. The van der Waals surface area contributed by atoms with Crippen molar-refractivity contribution in [1.29, 1.82) is 0 Å². The number of ether oxygens (including phenoxy) is 1. The van der Waals surface area contributed by atoms with Crippen molar-refractivity contribution < 1.29 is 13.9 Å². The second-order valence-corrected chi connectivity index (χ2v) is 8.24. The molecule has 7 heteroatoms. The van der Waals surface area contributed by atoms with Crippen LogP contribution in [0.5, 0.6) is 5.75 Å². The summed E-state index contributed by atoms with van der Waals surface area (Å²) in [6.07, 6.45) is 1.69. The SMILES string of the molecule is COc1ccc(N2CCN(C(=O)C3CCN(c4nc5ccccc5o4)CC3)CC2)cc1. The van der Waals surface area contributed by atoms with Crippen molar-refractivity contribution in [3.8, 4) is 5.75 Å². The lowest BCUT2D eigenvalue weighted by atomic mass is 9.95. The van der Waals surface area contributed by atoms with Gasteiger partial charge in [-0.1, -0.05) is 12.1 Å². The topological polar surface area (TPSA) is 62.1 Å². The van der Waals surface area contributed by atoms with Crippen molar-refractivity contribution in [2.45, 2.75) is 12.8 Å². The largest absolute Gasteiger partial charge is 0.497 e. The van der Waals surface area contributed by atoms with Crippen LogP contribution in [0.1, 0.15) is 12.8 Å². The number of piperazine rings is 1. The second-order valence-electron chi connectivity index (χ2n) is 8.24. The summed E-state index contributed by atoms with van der Waals surface area (Å²) in [5.74, 6) is 1.25. The summed E-state index contributed by atoms with van der Waals surface area (Å²) in [4.78, 5) is 24.2. The molecule has 0 bridgehead atoms. The number of para-hydroxylation sites is 2. The van der Waals surface area contributed by atoms with E-state index in [9.17, 15) is 4.79 Å². The molecule has 5 rings (SSSR count). The molecule has 1 amide bonds. The average Bonchev–Trinajstić information content (AvgIpc) is 3.28. The van der Waals surface area contributed by atoms with Crippen LogP contribution in [-0.2, 0) is 4.79 Å². The fourth-order valence-electron chi connectivity index (χ4n) is 4.55. The average molecular weight is 421 g/mol. The van der Waals surface area contributed by atoms with Gasteiger partial charge in [0.15, 0.2) is 5.58 Å². The molecule has 3 heterocycles. The summed E-state index contributed by atoms with van der Waals surface area (Å²) in [5.41, 5.74) is 2.87. The lowest BCUT2D eigenvalue weighted by Gasteiger charge is -2.39. The maximum absolute atomic E-state index is 13.1. The van der Waals surface area contributed by atoms with Gasteiger partial charge in [-0.3, -0.25) is 4.79 Å². The Morgan fingerprint density at radius 2 is 1.65 bits per heavy atom. The van der Waals surface area contributed by atoms with Crippen molar-refractivity contribution in [2.75, 3.05) is 56.2 Å². The van der Waals surface area contributed by atoms with Gasteiger partial charge in [-0.15, -0.1) is 0 Å². The number of fused-ring (bicyclic) bond motifs is 1. The zero-order valence-corrected chi connectivity index (χ0v) is 17.9. The molecule has 2 aliphatic rings. The Labute approximate surface area is 182 Å². The Kier molecular flexibility index (Phi) is 5.40. The second kappa shape index (κ2) is 8.49. The van der Waals surface area contributed by atoms with Gasteiger partial charge in [-0.25, -0.2) is 0 Å². The van der Waals surface area contributed by atoms with E-state index < -0.39 is 0 Å². The highest BCUT2D eigenvalue weighted by molar-refractivity contribution is 5.79. The molecule has 0 aliphatic carbocycles. The number of amides is 1. The third-order valence-electron chi connectivity index (χ3n) is 6.43. The fraction of sp³-hybridized carbons (Fsp3) is 0.417. The molecule has 31 heavy (non-hydrogen) atoms. The summed E-state index contributed by atoms with van der Waals surface area (Å²) < 4.78 is 11.1. The van der Waals surface area contributed by atoms with Crippen LogP contribution in [0.4, 0.5) is 11.7 Å². The third kappa shape index (κ3) is 4.04. The van der Waals surface area contributed by atoms with E-state index in [1.165, 1.54) is 5.69 Å². The molecule has 2 saturated heterocycles. The number of benzene rings is 2. The Balaban J connectivity index is 1.14. The molecule has 2 aromatic carbocycles. The zero-order chi connectivity index (χ0) is 21.2. The van der Waals surface area contributed by atoms with Crippen LogP contribution in [0.2, 0.25) is 0 Å². The van der Waals surface area contributed by atoms with Gasteiger partial charge in [0.1, 0.15) is 11.3 Å². The van der Waals surface area contributed by atoms with Crippen LogP contribution in [0.15, 0.2) is 52.9 Å². The first-order valence-electron chi connectivity index (χ1n) is 11.0. The number of nitrogens with zero attached hydrogens (tertiary/aromatic N) is 4. The van der Waals surface area contributed by atoms with E-state index in [1.807, 2.05) is 41.3 Å². The number of rotatable bonds is 4. The van der Waals surface area contributed by atoms with Crippen LogP contribution in [0.3, 0.4) is 0 Å². The van der Waals surface area contributed by atoms with Gasteiger partial charge in [0.2, 0.25) is 5.91 Å². The summed E-state index contributed by atoms with van der Waals surface area (Å²) in [5, 5.41) is 0. The molecule has 2 aliphatic heterocycles. The summed E-state index contributed by atoms with van der Waals surface area (Å²) in [7, 11) is 1.68. The van der Waals surface area contributed by atoms with Crippen LogP contribution >= 0.6 is 0 Å². The monoisotopic (exact) mass is 420 g/mol. The first-order valence-corrected chi connectivity index (χ1v) is 11.0. The quantitative estimate of drug-likeness (QED) is 0.645. The maximum atomic E-state index is 13.1. The van der Waals surface area contributed by atoms with E-state index in [-0.39, 0.29) is 5.92 Å². The minimum absolute atomic E-state index is 0.0909. The molecule has 0 N–H and O–H groups in total. The normalized spacial score (nSPS) is 17.9. The van der Waals surface area contributed by atoms with Crippen LogP contribution < -0.4 is 14.5 Å². The first-order chi connectivity index (χ1) is 15.2. The van der Waals surface area contributed by atoms with Crippen molar-refractivity contribution >= 4 is 28.7 Å². The minimum atomic E-state index is 0.0909. The molecule has 2 fully saturated rings. The predicted octanol–water partition coefficient (Wildman–Crippen LogP) is 3.40. The first kappa shape index (κ1) is 19.7. The molecule has 0 unspecified atom stereocenters. The van der Waals surface area contributed by atoms with E-state index in [4.69, 9.17) is 9.15 Å². The number of piperidine rings is 1. The number of hydrogen-bond donors (Lipinski definition) is 0. The van der Waals surface area contributed by atoms with Crippen molar-refractivity contribution in [1.82, 2.24) is 9.88 Å². The fourth-order valence-corrected chi connectivity index (χ4v) is 4.55. The number of aromatic nitrogens is 1. The molecule has 3 aromatic rings. The van der Waals surface area contributed by atoms with E-state index in [1.54, 1.807) is 7.11 Å². The molecular weight excluding hydrogens is 392 g/mol. The molecular formula is C24H28N4O3. The number of carbonyl (C=O) groups is 1. The van der Waals surface area contributed by atoms with E-state index in [2.05, 4.69) is 26.9 Å². The van der Waals surface area contributed by atoms with E-state index in [0.717, 1.165) is 69.0 Å². The number of hydrogen-bond acceptors (Lipinski definition) is 6. The number of carbonyl (C=O) groups excluding carboxylic acids is 1. The van der Waals surface area contributed by atoms with Crippen molar-refractivity contribution in [3.63, 3.8) is 0 Å². The highest BCUT2D eigenvalue weighted by Crippen LogP contribution is 2.28. The Morgan fingerprint density at radius 1 is 0.935 bits per heavy atom. The van der Waals surface area contributed by atoms with Gasteiger partial charge in [0.05, 0.1) is 7.11 Å². The van der Waals surface area contributed by atoms with E-state index >= 15 is 0 Å². The van der Waals surface area contributed by atoms with Crippen LogP contribution in [0.25, 0.3) is 11.1 Å². The third-order valence-corrected chi connectivity index (χ3v) is 6.43. The predicted molar refractivity (Wildman–Crippen MR) is 121 cm³/mol. The van der Waals surface area contributed by atoms with Crippen molar-refractivity contribution in [3.05, 3.63) is 48.5 Å². The molecule has 1 aromatic heterocycles.